The fourth-order valence-electron chi connectivity index (χ4n) is 1.48. The lowest BCUT2D eigenvalue weighted by molar-refractivity contribution is -0.116. The van der Waals surface area contributed by atoms with Gasteiger partial charge in [-0.25, -0.2) is 4.98 Å². The highest BCUT2D eigenvalue weighted by molar-refractivity contribution is 7.14. The lowest BCUT2D eigenvalue weighted by Gasteiger charge is -2.00. The first kappa shape index (κ1) is 15.7. The molecule has 2 heterocycles. The maximum Gasteiger partial charge on any atom is 0.226 e. The van der Waals surface area contributed by atoms with Gasteiger partial charge in [0.2, 0.25) is 5.91 Å². The second-order valence-corrected chi connectivity index (χ2v) is 4.63. The highest BCUT2D eigenvalue weighted by Gasteiger charge is 2.09. The molecule has 0 saturated heterocycles. The van der Waals surface area contributed by atoms with E-state index >= 15 is 0 Å². The van der Waals surface area contributed by atoms with Crippen molar-refractivity contribution in [1.29, 1.82) is 0 Å². The van der Waals surface area contributed by atoms with Crippen molar-refractivity contribution < 1.29 is 9.21 Å². The van der Waals surface area contributed by atoms with Gasteiger partial charge < -0.3 is 15.1 Å². The summed E-state index contributed by atoms with van der Waals surface area (Å²) in [4.78, 5) is 15.9. The molecule has 2 aromatic heterocycles. The number of furan rings is 1. The molecule has 0 fully saturated rings. The third-order valence-corrected chi connectivity index (χ3v) is 3.11. The van der Waals surface area contributed by atoms with E-state index in [1.54, 1.807) is 6.26 Å². The molecular weight excluding hydrogens is 286 g/mol. The van der Waals surface area contributed by atoms with E-state index in [-0.39, 0.29) is 18.3 Å². The van der Waals surface area contributed by atoms with E-state index in [0.29, 0.717) is 17.3 Å². The minimum Gasteiger partial charge on any atom is -0.463 e. The van der Waals surface area contributed by atoms with E-state index in [1.807, 2.05) is 24.6 Å². The first-order valence-corrected chi connectivity index (χ1v) is 6.61. The first-order valence-electron chi connectivity index (χ1n) is 5.73. The zero-order valence-corrected chi connectivity index (χ0v) is 12.1. The predicted molar refractivity (Wildman–Crippen MR) is 78.9 cm³/mol. The largest absolute Gasteiger partial charge is 0.463 e. The zero-order chi connectivity index (χ0) is 12.8. The monoisotopic (exact) mass is 301 g/mol. The van der Waals surface area contributed by atoms with Crippen molar-refractivity contribution >= 4 is 34.8 Å². The number of hydrogen-bond donors (Lipinski definition) is 2. The molecule has 0 bridgehead atoms. The maximum atomic E-state index is 11.6. The molecule has 0 aromatic carbocycles. The van der Waals surface area contributed by atoms with Gasteiger partial charge in [0.25, 0.3) is 0 Å². The van der Waals surface area contributed by atoms with Crippen molar-refractivity contribution in [1.82, 2.24) is 10.3 Å². The van der Waals surface area contributed by atoms with Crippen molar-refractivity contribution in [3.63, 3.8) is 0 Å². The van der Waals surface area contributed by atoms with Gasteiger partial charge in [0.15, 0.2) is 10.9 Å². The van der Waals surface area contributed by atoms with Crippen molar-refractivity contribution in [2.24, 2.45) is 0 Å². The van der Waals surface area contributed by atoms with Crippen molar-refractivity contribution in [3.8, 4) is 11.5 Å². The van der Waals surface area contributed by atoms with Crippen LogP contribution < -0.4 is 10.6 Å². The molecule has 0 aliphatic heterocycles. The van der Waals surface area contributed by atoms with E-state index in [4.69, 9.17) is 4.42 Å². The Kier molecular flexibility index (Phi) is 6.55. The summed E-state index contributed by atoms with van der Waals surface area (Å²) in [5, 5.41) is 8.26. The van der Waals surface area contributed by atoms with E-state index in [2.05, 4.69) is 15.6 Å². The molecule has 0 spiro atoms. The number of amides is 1. The topological polar surface area (TPSA) is 67.2 Å². The van der Waals surface area contributed by atoms with Gasteiger partial charge >= 0.3 is 0 Å². The fraction of sp³-hybridized carbons (Fsp3) is 0.333. The van der Waals surface area contributed by atoms with Crippen LogP contribution in [0.1, 0.15) is 12.8 Å². The Bertz CT molecular complexity index is 499. The molecule has 0 atom stereocenters. The SMILES string of the molecule is CNCCCC(=O)Nc1nc(-c2ccco2)cs1.Cl. The Morgan fingerprint density at radius 1 is 1.53 bits per heavy atom. The average molecular weight is 302 g/mol. The second kappa shape index (κ2) is 7.93. The third kappa shape index (κ3) is 4.66. The number of anilines is 1. The Labute approximate surface area is 121 Å². The molecule has 5 nitrogen and oxygen atoms in total. The molecule has 2 rings (SSSR count). The molecule has 104 valence electrons. The van der Waals surface area contributed by atoms with Crippen LogP contribution in [-0.4, -0.2) is 24.5 Å². The lowest BCUT2D eigenvalue weighted by Crippen LogP contribution is -2.15. The molecule has 1 amide bonds. The van der Waals surface area contributed by atoms with Crippen LogP contribution in [0.4, 0.5) is 5.13 Å². The number of carbonyl (C=O) groups excluding carboxylic acids is 1. The highest BCUT2D eigenvalue weighted by Crippen LogP contribution is 2.25. The maximum absolute atomic E-state index is 11.6. The van der Waals surface area contributed by atoms with Crippen LogP contribution in [0, 0.1) is 0 Å². The number of nitrogens with one attached hydrogen (secondary N) is 2. The second-order valence-electron chi connectivity index (χ2n) is 3.77. The Hall–Kier alpha value is -1.37. The van der Waals surface area contributed by atoms with Crippen LogP contribution in [0.5, 0.6) is 0 Å². The summed E-state index contributed by atoms with van der Waals surface area (Å²) in [6.45, 7) is 0.836. The lowest BCUT2D eigenvalue weighted by atomic mass is 10.3. The van der Waals surface area contributed by atoms with Crippen LogP contribution in [0.3, 0.4) is 0 Å². The molecule has 0 aliphatic carbocycles. The van der Waals surface area contributed by atoms with Crippen LogP contribution >= 0.6 is 23.7 Å². The number of thiazole rings is 1. The molecule has 0 aliphatic rings. The number of hydrogen-bond acceptors (Lipinski definition) is 5. The van der Waals surface area contributed by atoms with Crippen LogP contribution in [0.25, 0.3) is 11.5 Å². The summed E-state index contributed by atoms with van der Waals surface area (Å²) in [5.41, 5.74) is 0.746. The van der Waals surface area contributed by atoms with Gasteiger partial charge in [0.05, 0.1) is 6.26 Å². The standard InChI is InChI=1S/C12H15N3O2S.ClH/c1-13-6-2-5-11(16)15-12-14-9(8-18-12)10-4-3-7-17-10;/h3-4,7-8,13H,2,5-6H2,1H3,(H,14,15,16);1H. The van der Waals surface area contributed by atoms with E-state index in [0.717, 1.165) is 18.7 Å². The van der Waals surface area contributed by atoms with Gasteiger partial charge in [-0.05, 0) is 32.1 Å². The number of nitrogens with zero attached hydrogens (tertiary/aromatic N) is 1. The van der Waals surface area contributed by atoms with E-state index in [9.17, 15) is 4.79 Å². The van der Waals surface area contributed by atoms with Crippen LogP contribution in [-0.2, 0) is 4.79 Å². The Morgan fingerprint density at radius 2 is 2.37 bits per heavy atom. The minimum atomic E-state index is -0.00871. The van der Waals surface area contributed by atoms with Crippen molar-refractivity contribution in [2.45, 2.75) is 12.8 Å². The summed E-state index contributed by atoms with van der Waals surface area (Å²) in [6.07, 6.45) is 2.92. The summed E-state index contributed by atoms with van der Waals surface area (Å²) in [7, 11) is 1.87. The van der Waals surface area contributed by atoms with Crippen LogP contribution in [0.15, 0.2) is 28.2 Å². The van der Waals surface area contributed by atoms with E-state index < -0.39 is 0 Å². The van der Waals surface area contributed by atoms with Crippen molar-refractivity contribution in [2.75, 3.05) is 18.9 Å². The van der Waals surface area contributed by atoms with Gasteiger partial charge in [-0.2, -0.15) is 0 Å². The van der Waals surface area contributed by atoms with Gasteiger partial charge in [0, 0.05) is 11.8 Å². The van der Waals surface area contributed by atoms with Gasteiger partial charge in [0.1, 0.15) is 5.69 Å². The fourth-order valence-corrected chi connectivity index (χ4v) is 2.19. The number of carbonyl (C=O) groups is 1. The normalized spacial score (nSPS) is 9.95. The Morgan fingerprint density at radius 3 is 3.05 bits per heavy atom. The molecule has 19 heavy (non-hydrogen) atoms. The molecule has 0 unspecified atom stereocenters. The van der Waals surface area contributed by atoms with Gasteiger partial charge in [-0.3, -0.25) is 4.79 Å². The van der Waals surface area contributed by atoms with Gasteiger partial charge in [-0.1, -0.05) is 0 Å². The molecule has 7 heteroatoms. The number of aromatic nitrogens is 1. The Balaban J connectivity index is 0.00000180. The van der Waals surface area contributed by atoms with Gasteiger partial charge in [-0.15, -0.1) is 23.7 Å². The summed E-state index contributed by atoms with van der Waals surface area (Å²) < 4.78 is 5.24. The van der Waals surface area contributed by atoms with Crippen LogP contribution in [0.2, 0.25) is 0 Å². The highest BCUT2D eigenvalue weighted by atomic mass is 35.5. The zero-order valence-electron chi connectivity index (χ0n) is 10.5. The molecule has 0 radical (unpaired) electrons. The third-order valence-electron chi connectivity index (χ3n) is 2.35. The predicted octanol–water partition coefficient (Wildman–Crippen LogP) is 2.76. The smallest absolute Gasteiger partial charge is 0.226 e. The molecular formula is C12H16ClN3O2S. The minimum absolute atomic E-state index is 0. The quantitative estimate of drug-likeness (QED) is 0.805. The molecule has 2 aromatic rings. The summed E-state index contributed by atoms with van der Waals surface area (Å²) in [6, 6.07) is 3.65. The number of halogens is 1. The average Bonchev–Trinajstić information content (AvgIpc) is 2.98. The summed E-state index contributed by atoms with van der Waals surface area (Å²) >= 11 is 1.40. The van der Waals surface area contributed by atoms with E-state index in [1.165, 1.54) is 11.3 Å². The summed E-state index contributed by atoms with van der Waals surface area (Å²) in [5.74, 6) is 0.701. The molecule has 2 N–H and O–H groups in total. The molecule has 0 saturated carbocycles. The van der Waals surface area contributed by atoms with Crippen molar-refractivity contribution in [3.05, 3.63) is 23.8 Å². The number of rotatable bonds is 6. The first-order chi connectivity index (χ1) is 8.79.